The smallest absolute Gasteiger partial charge is 0.550 e. The fourth-order valence-corrected chi connectivity index (χ4v) is 1.64. The Balaban J connectivity index is 0. The molecule has 0 saturated heterocycles. The number of carbonyl (C=O) groups excluding carboxylic acids is 2. The third-order valence-corrected chi connectivity index (χ3v) is 2.66. The van der Waals surface area contributed by atoms with Gasteiger partial charge in [0, 0.05) is 25.4 Å². The molecule has 0 aliphatic carbocycles. The molecule has 0 radical (unpaired) electrons. The number of unbranched alkanes of at least 4 members (excludes halogenated alkanes) is 6. The Morgan fingerprint density at radius 2 is 1.50 bits per heavy atom. The second kappa shape index (κ2) is 15.6. The minimum Gasteiger partial charge on any atom is -0.550 e. The summed E-state index contributed by atoms with van der Waals surface area (Å²) in [4.78, 5) is 21.3. The first kappa shape index (κ1) is 20.9. The molecule has 18 heavy (non-hydrogen) atoms. The minimum absolute atomic E-state index is 0. The zero-order chi connectivity index (χ0) is 12.9. The summed E-state index contributed by atoms with van der Waals surface area (Å²) in [7, 11) is 0. The number of hydrogen-bond acceptors (Lipinski definition) is 3. The van der Waals surface area contributed by atoms with E-state index < -0.39 is 5.97 Å². The van der Waals surface area contributed by atoms with Crippen LogP contribution in [0.2, 0.25) is 0 Å². The zero-order valence-corrected chi connectivity index (χ0v) is 14.9. The molecule has 5 heteroatoms. The predicted octanol–water partition coefficient (Wildman–Crippen LogP) is -1.61. The standard InChI is InChI=1S/C13H25NO3.K/c1-2-3-4-5-6-7-8-9-12(15)14-11-10-13(16)17;/h2-11H2,1H3,(H,14,15)(H,16,17);/q;+1/p-1. The van der Waals surface area contributed by atoms with E-state index in [2.05, 4.69) is 12.2 Å². The Bertz CT molecular complexity index is 222. The topological polar surface area (TPSA) is 69.2 Å². The fourth-order valence-electron chi connectivity index (χ4n) is 1.64. The molecule has 0 heterocycles. The molecular weight excluding hydrogens is 257 g/mol. The number of carbonyl (C=O) groups is 2. The molecule has 0 fully saturated rings. The number of nitrogens with one attached hydrogen (secondary N) is 1. The van der Waals surface area contributed by atoms with Crippen molar-refractivity contribution < 1.29 is 66.1 Å². The summed E-state index contributed by atoms with van der Waals surface area (Å²) in [5.74, 6) is -1.18. The molecule has 0 saturated carbocycles. The maximum Gasteiger partial charge on any atom is 1.00 e. The molecule has 1 amide bonds. The van der Waals surface area contributed by atoms with Gasteiger partial charge in [0.1, 0.15) is 0 Å². The summed E-state index contributed by atoms with van der Waals surface area (Å²) in [6.45, 7) is 2.37. The van der Waals surface area contributed by atoms with Crippen LogP contribution in [0.4, 0.5) is 0 Å². The van der Waals surface area contributed by atoms with Crippen LogP contribution in [0.3, 0.4) is 0 Å². The quantitative estimate of drug-likeness (QED) is 0.366. The maximum atomic E-state index is 11.2. The molecule has 0 aromatic rings. The van der Waals surface area contributed by atoms with Crippen LogP contribution in [-0.4, -0.2) is 18.4 Å². The molecule has 4 nitrogen and oxygen atoms in total. The van der Waals surface area contributed by atoms with Crippen molar-refractivity contribution in [3.8, 4) is 0 Å². The van der Waals surface area contributed by atoms with Crippen LogP contribution >= 0.6 is 0 Å². The van der Waals surface area contributed by atoms with Gasteiger partial charge in [-0.2, -0.15) is 0 Å². The monoisotopic (exact) mass is 281 g/mol. The van der Waals surface area contributed by atoms with Gasteiger partial charge in [0.25, 0.3) is 0 Å². The van der Waals surface area contributed by atoms with Gasteiger partial charge in [-0.05, 0) is 6.42 Å². The van der Waals surface area contributed by atoms with Gasteiger partial charge in [-0.3, -0.25) is 4.79 Å². The van der Waals surface area contributed by atoms with Gasteiger partial charge in [-0.25, -0.2) is 0 Å². The van der Waals surface area contributed by atoms with Crippen molar-refractivity contribution in [2.75, 3.05) is 6.54 Å². The normalized spacial score (nSPS) is 9.61. The second-order valence-electron chi connectivity index (χ2n) is 4.34. The van der Waals surface area contributed by atoms with Gasteiger partial charge in [0.05, 0.1) is 0 Å². The average Bonchev–Trinajstić information content (AvgIpc) is 2.27. The third kappa shape index (κ3) is 16.6. The van der Waals surface area contributed by atoms with E-state index in [1.807, 2.05) is 0 Å². The van der Waals surface area contributed by atoms with E-state index in [1.165, 1.54) is 32.1 Å². The Morgan fingerprint density at radius 1 is 0.944 bits per heavy atom. The van der Waals surface area contributed by atoms with Crippen LogP contribution in [0.1, 0.15) is 64.7 Å². The Kier molecular flexibility index (Phi) is 18.1. The molecule has 100 valence electrons. The van der Waals surface area contributed by atoms with Crippen molar-refractivity contribution in [3.05, 3.63) is 0 Å². The fraction of sp³-hybridized carbons (Fsp3) is 0.846. The summed E-state index contributed by atoms with van der Waals surface area (Å²) >= 11 is 0. The minimum atomic E-state index is -1.12. The maximum absolute atomic E-state index is 11.2. The van der Waals surface area contributed by atoms with E-state index in [9.17, 15) is 14.7 Å². The van der Waals surface area contributed by atoms with Crippen LogP contribution in [0, 0.1) is 0 Å². The summed E-state index contributed by atoms with van der Waals surface area (Å²) in [5.41, 5.74) is 0. The van der Waals surface area contributed by atoms with Gasteiger partial charge in [-0.15, -0.1) is 0 Å². The number of hydrogen-bond donors (Lipinski definition) is 1. The van der Waals surface area contributed by atoms with Crippen LogP contribution in [0.5, 0.6) is 0 Å². The summed E-state index contributed by atoms with van der Waals surface area (Å²) < 4.78 is 0. The van der Waals surface area contributed by atoms with E-state index in [4.69, 9.17) is 0 Å². The predicted molar refractivity (Wildman–Crippen MR) is 65.2 cm³/mol. The van der Waals surface area contributed by atoms with Gasteiger partial charge in [0.15, 0.2) is 0 Å². The Labute approximate surface area is 153 Å². The van der Waals surface area contributed by atoms with E-state index >= 15 is 0 Å². The molecule has 0 bridgehead atoms. The summed E-state index contributed by atoms with van der Waals surface area (Å²) in [5, 5.41) is 12.7. The molecule has 0 aromatic carbocycles. The van der Waals surface area contributed by atoms with Gasteiger partial charge in [-0.1, -0.05) is 45.4 Å². The summed E-state index contributed by atoms with van der Waals surface area (Å²) in [6, 6.07) is 0. The van der Waals surface area contributed by atoms with Crippen molar-refractivity contribution in [3.63, 3.8) is 0 Å². The van der Waals surface area contributed by atoms with E-state index in [0.717, 1.165) is 12.8 Å². The van der Waals surface area contributed by atoms with Gasteiger partial charge < -0.3 is 15.2 Å². The molecule has 0 aliphatic heterocycles. The zero-order valence-electron chi connectivity index (χ0n) is 11.8. The van der Waals surface area contributed by atoms with E-state index in [-0.39, 0.29) is 70.3 Å². The number of carboxylic acid groups (broad SMARTS) is 1. The third-order valence-electron chi connectivity index (χ3n) is 2.66. The average molecular weight is 281 g/mol. The first-order chi connectivity index (χ1) is 8.16. The van der Waals surface area contributed by atoms with Crippen molar-refractivity contribution in [1.82, 2.24) is 5.32 Å². The number of amides is 1. The Morgan fingerprint density at radius 3 is 2.06 bits per heavy atom. The van der Waals surface area contributed by atoms with Crippen molar-refractivity contribution in [1.29, 1.82) is 0 Å². The molecule has 0 atom stereocenters. The van der Waals surface area contributed by atoms with Crippen LogP contribution in [0.15, 0.2) is 0 Å². The second-order valence-corrected chi connectivity index (χ2v) is 4.34. The first-order valence-electron chi connectivity index (χ1n) is 6.63. The van der Waals surface area contributed by atoms with Gasteiger partial charge in [0.2, 0.25) is 5.91 Å². The van der Waals surface area contributed by atoms with Crippen LogP contribution in [0.25, 0.3) is 0 Å². The molecule has 0 spiro atoms. The largest absolute Gasteiger partial charge is 1.00 e. The number of rotatable bonds is 11. The SMILES string of the molecule is CCCCCCCCCC(=O)NCCC(=O)[O-].[K+]. The Hall–Kier alpha value is 0.576. The number of aliphatic carboxylic acids is 1. The molecule has 0 aliphatic rings. The van der Waals surface area contributed by atoms with Crippen LogP contribution < -0.4 is 61.8 Å². The molecule has 0 aromatic heterocycles. The molecule has 1 N–H and O–H groups in total. The number of carboxylic acids is 1. The van der Waals surface area contributed by atoms with Crippen molar-refractivity contribution >= 4 is 11.9 Å². The molecular formula is C13H24KNO3. The van der Waals surface area contributed by atoms with E-state index in [0.29, 0.717) is 6.42 Å². The summed E-state index contributed by atoms with van der Waals surface area (Å²) in [6.07, 6.45) is 8.63. The molecule has 0 unspecified atom stereocenters. The first-order valence-corrected chi connectivity index (χ1v) is 6.63. The van der Waals surface area contributed by atoms with E-state index in [1.54, 1.807) is 0 Å². The van der Waals surface area contributed by atoms with Crippen molar-refractivity contribution in [2.45, 2.75) is 64.7 Å². The van der Waals surface area contributed by atoms with Crippen LogP contribution in [-0.2, 0) is 9.59 Å². The van der Waals surface area contributed by atoms with Crippen molar-refractivity contribution in [2.24, 2.45) is 0 Å². The van der Waals surface area contributed by atoms with Gasteiger partial charge >= 0.3 is 51.4 Å². The molecule has 0 rings (SSSR count).